The number of Topliss-reactive ketones (excluding diaryl/α,β-unsaturated/α-hetero) is 1. The Hall–Kier alpha value is -0.710. The van der Waals surface area contributed by atoms with Crippen molar-refractivity contribution in [2.24, 2.45) is 0 Å². The number of carbonyl (C=O) groups excluding carboxylic acids is 1. The van der Waals surface area contributed by atoms with Gasteiger partial charge in [0.25, 0.3) is 0 Å². The molecule has 0 radical (unpaired) electrons. The molecule has 1 saturated heterocycles. The van der Waals surface area contributed by atoms with Crippen LogP contribution in [0.25, 0.3) is 0 Å². The first-order valence-corrected chi connectivity index (χ1v) is 5.09. The molecule has 0 amide bonds. The molecular weight excluding hydrogens is 188 g/mol. The number of ether oxygens (including phenoxy) is 2. The van der Waals surface area contributed by atoms with Crippen LogP contribution in [-0.2, 0) is 9.47 Å². The number of hydrogen-bond donors (Lipinski definition) is 0. The van der Waals surface area contributed by atoms with E-state index in [-0.39, 0.29) is 12.1 Å². The number of thiophene rings is 1. The molecule has 1 aromatic rings. The van der Waals surface area contributed by atoms with Crippen molar-refractivity contribution in [3.63, 3.8) is 0 Å². The summed E-state index contributed by atoms with van der Waals surface area (Å²) in [6.45, 7) is 1.20. The largest absolute Gasteiger partial charge is 0.350 e. The minimum Gasteiger partial charge on any atom is -0.350 e. The van der Waals surface area contributed by atoms with Gasteiger partial charge in [-0.3, -0.25) is 4.79 Å². The monoisotopic (exact) mass is 198 g/mol. The molecule has 2 heterocycles. The third kappa shape index (κ3) is 2.15. The Labute approximate surface area is 80.3 Å². The van der Waals surface area contributed by atoms with E-state index >= 15 is 0 Å². The molecule has 0 N–H and O–H groups in total. The summed E-state index contributed by atoms with van der Waals surface area (Å²) >= 11 is 1.52. The summed E-state index contributed by atoms with van der Waals surface area (Å²) in [5.74, 6) is 0.0909. The van der Waals surface area contributed by atoms with Gasteiger partial charge in [-0.05, 0) is 11.4 Å². The van der Waals surface area contributed by atoms with Crippen LogP contribution in [0, 0.1) is 0 Å². The minimum atomic E-state index is -0.326. The van der Waals surface area contributed by atoms with Crippen molar-refractivity contribution in [1.82, 2.24) is 0 Å². The molecule has 1 aliphatic heterocycles. The first kappa shape index (κ1) is 8.87. The molecule has 13 heavy (non-hydrogen) atoms. The third-order valence-corrected chi connectivity index (χ3v) is 2.57. The summed E-state index contributed by atoms with van der Waals surface area (Å²) in [6, 6.07) is 1.82. The van der Waals surface area contributed by atoms with Crippen molar-refractivity contribution in [3.05, 3.63) is 22.4 Å². The Morgan fingerprint density at radius 2 is 2.31 bits per heavy atom. The maximum Gasteiger partial charge on any atom is 0.168 e. The molecule has 0 atom stereocenters. The summed E-state index contributed by atoms with van der Waals surface area (Å²) < 4.78 is 10.4. The average Bonchev–Trinajstić information content (AvgIpc) is 2.74. The zero-order valence-electron chi connectivity index (χ0n) is 7.06. The van der Waals surface area contributed by atoms with Crippen LogP contribution in [-0.4, -0.2) is 25.3 Å². The standard InChI is InChI=1S/C9H10O3S/c10-8(7-1-4-13-6-7)5-9-11-2-3-12-9/h1,4,6,9H,2-3,5H2. The summed E-state index contributed by atoms with van der Waals surface area (Å²) in [4.78, 5) is 11.5. The Morgan fingerprint density at radius 3 is 2.92 bits per heavy atom. The molecular formula is C9H10O3S. The lowest BCUT2D eigenvalue weighted by Gasteiger charge is -2.06. The molecule has 2 rings (SSSR count). The van der Waals surface area contributed by atoms with Crippen LogP contribution in [0.4, 0.5) is 0 Å². The fourth-order valence-corrected chi connectivity index (χ4v) is 1.88. The SMILES string of the molecule is O=C(CC1OCCO1)c1ccsc1. The van der Waals surface area contributed by atoms with E-state index in [0.717, 1.165) is 5.56 Å². The van der Waals surface area contributed by atoms with Gasteiger partial charge in [-0.25, -0.2) is 0 Å². The molecule has 1 fully saturated rings. The summed E-state index contributed by atoms with van der Waals surface area (Å²) in [5, 5.41) is 3.74. The van der Waals surface area contributed by atoms with Crippen LogP contribution in [0.1, 0.15) is 16.8 Å². The first-order valence-electron chi connectivity index (χ1n) is 4.15. The van der Waals surface area contributed by atoms with Crippen LogP contribution >= 0.6 is 11.3 Å². The van der Waals surface area contributed by atoms with Crippen molar-refractivity contribution in [3.8, 4) is 0 Å². The van der Waals surface area contributed by atoms with Crippen molar-refractivity contribution < 1.29 is 14.3 Å². The van der Waals surface area contributed by atoms with Crippen molar-refractivity contribution in [2.75, 3.05) is 13.2 Å². The summed E-state index contributed by atoms with van der Waals surface area (Å²) in [5.41, 5.74) is 0.754. The van der Waals surface area contributed by atoms with Gasteiger partial charge in [0.2, 0.25) is 0 Å². The lowest BCUT2D eigenvalue weighted by Crippen LogP contribution is -2.13. The fourth-order valence-electron chi connectivity index (χ4n) is 1.22. The molecule has 0 bridgehead atoms. The van der Waals surface area contributed by atoms with Gasteiger partial charge >= 0.3 is 0 Å². The van der Waals surface area contributed by atoms with Gasteiger partial charge in [-0.2, -0.15) is 11.3 Å². The molecule has 70 valence electrons. The normalized spacial score (nSPS) is 17.8. The first-order chi connectivity index (χ1) is 6.36. The molecule has 0 aliphatic carbocycles. The van der Waals surface area contributed by atoms with Crippen molar-refractivity contribution in [1.29, 1.82) is 0 Å². The van der Waals surface area contributed by atoms with E-state index in [1.807, 2.05) is 16.8 Å². The van der Waals surface area contributed by atoms with Gasteiger partial charge in [0.05, 0.1) is 19.6 Å². The van der Waals surface area contributed by atoms with Crippen LogP contribution < -0.4 is 0 Å². The molecule has 0 saturated carbocycles. The highest BCUT2D eigenvalue weighted by Gasteiger charge is 2.20. The van der Waals surface area contributed by atoms with E-state index in [9.17, 15) is 4.79 Å². The lowest BCUT2D eigenvalue weighted by atomic mass is 10.1. The van der Waals surface area contributed by atoms with Gasteiger partial charge in [0, 0.05) is 10.9 Å². The lowest BCUT2D eigenvalue weighted by molar-refractivity contribution is -0.0407. The predicted molar refractivity (Wildman–Crippen MR) is 49.0 cm³/mol. The number of hydrogen-bond acceptors (Lipinski definition) is 4. The second-order valence-electron chi connectivity index (χ2n) is 2.81. The summed E-state index contributed by atoms with van der Waals surface area (Å²) in [7, 11) is 0. The van der Waals surface area contributed by atoms with Crippen LogP contribution in [0.15, 0.2) is 16.8 Å². The Bertz CT molecular complexity index is 275. The zero-order valence-corrected chi connectivity index (χ0v) is 7.88. The van der Waals surface area contributed by atoms with E-state index in [1.54, 1.807) is 0 Å². The smallest absolute Gasteiger partial charge is 0.168 e. The topological polar surface area (TPSA) is 35.5 Å². The summed E-state index contributed by atoms with van der Waals surface area (Å²) in [6.07, 6.45) is 0.00361. The average molecular weight is 198 g/mol. The highest BCUT2D eigenvalue weighted by Crippen LogP contribution is 2.14. The third-order valence-electron chi connectivity index (χ3n) is 1.89. The van der Waals surface area contributed by atoms with E-state index in [1.165, 1.54) is 11.3 Å². The van der Waals surface area contributed by atoms with Crippen molar-refractivity contribution >= 4 is 17.1 Å². The zero-order chi connectivity index (χ0) is 9.10. The predicted octanol–water partition coefficient (Wildman–Crippen LogP) is 1.69. The molecule has 0 aromatic carbocycles. The van der Waals surface area contributed by atoms with E-state index in [4.69, 9.17) is 9.47 Å². The van der Waals surface area contributed by atoms with Gasteiger partial charge in [0.1, 0.15) is 0 Å². The second kappa shape index (κ2) is 4.00. The molecule has 0 spiro atoms. The van der Waals surface area contributed by atoms with Crippen LogP contribution in [0.2, 0.25) is 0 Å². The Morgan fingerprint density at radius 1 is 1.54 bits per heavy atom. The van der Waals surface area contributed by atoms with E-state index in [0.29, 0.717) is 19.6 Å². The van der Waals surface area contributed by atoms with Gasteiger partial charge in [-0.1, -0.05) is 0 Å². The Balaban J connectivity index is 1.91. The molecule has 3 nitrogen and oxygen atoms in total. The molecule has 4 heteroatoms. The molecule has 1 aliphatic rings. The van der Waals surface area contributed by atoms with Gasteiger partial charge < -0.3 is 9.47 Å². The second-order valence-corrected chi connectivity index (χ2v) is 3.59. The molecule has 0 unspecified atom stereocenters. The number of rotatable bonds is 3. The Kier molecular flexibility index (Phi) is 2.73. The highest BCUT2D eigenvalue weighted by molar-refractivity contribution is 7.08. The minimum absolute atomic E-state index is 0.0909. The number of carbonyl (C=O) groups is 1. The molecule has 1 aromatic heterocycles. The maximum absolute atomic E-state index is 11.5. The van der Waals surface area contributed by atoms with Crippen LogP contribution in [0.3, 0.4) is 0 Å². The van der Waals surface area contributed by atoms with Crippen LogP contribution in [0.5, 0.6) is 0 Å². The van der Waals surface area contributed by atoms with E-state index < -0.39 is 0 Å². The van der Waals surface area contributed by atoms with Gasteiger partial charge in [0.15, 0.2) is 12.1 Å². The van der Waals surface area contributed by atoms with Gasteiger partial charge in [-0.15, -0.1) is 0 Å². The maximum atomic E-state index is 11.5. The van der Waals surface area contributed by atoms with E-state index in [2.05, 4.69) is 0 Å². The fraction of sp³-hybridized carbons (Fsp3) is 0.444. The van der Waals surface area contributed by atoms with Crippen molar-refractivity contribution in [2.45, 2.75) is 12.7 Å². The quantitative estimate of drug-likeness (QED) is 0.693. The number of ketones is 1. The highest BCUT2D eigenvalue weighted by atomic mass is 32.1.